The van der Waals surface area contributed by atoms with Crippen molar-refractivity contribution in [3.05, 3.63) is 22.4 Å². The quantitative estimate of drug-likeness (QED) is 0.689. The van der Waals surface area contributed by atoms with E-state index in [1.165, 1.54) is 4.88 Å². The van der Waals surface area contributed by atoms with Gasteiger partial charge >= 0.3 is 0 Å². The van der Waals surface area contributed by atoms with Crippen LogP contribution in [0.2, 0.25) is 0 Å². The summed E-state index contributed by atoms with van der Waals surface area (Å²) in [5, 5.41) is 5.43. The summed E-state index contributed by atoms with van der Waals surface area (Å²) in [5.74, 6) is 0. The molecular weight excluding hydrogens is 244 g/mol. The fraction of sp³-hybridized carbons (Fsp3) is 0.667. The number of rotatable bonds is 9. The van der Waals surface area contributed by atoms with E-state index in [1.54, 1.807) is 11.3 Å². The average Bonchev–Trinajstić information content (AvgIpc) is 2.81. The van der Waals surface area contributed by atoms with Gasteiger partial charge in [0, 0.05) is 17.5 Å². The molecule has 0 fully saturated rings. The van der Waals surface area contributed by atoms with Crippen LogP contribution in [0.5, 0.6) is 0 Å². The van der Waals surface area contributed by atoms with Crippen LogP contribution >= 0.6 is 11.3 Å². The van der Waals surface area contributed by atoms with E-state index in [4.69, 9.17) is 4.74 Å². The van der Waals surface area contributed by atoms with Gasteiger partial charge < -0.3 is 10.1 Å². The average molecular weight is 263 g/mol. The van der Waals surface area contributed by atoms with Crippen molar-refractivity contribution in [3.63, 3.8) is 0 Å². The molecule has 1 heterocycles. The molecule has 0 saturated carbocycles. The monoisotopic (exact) mass is 263 g/mol. The minimum atomic E-state index is -2.38. The standard InChI is InChI=1S/C12H19F2NOS/c1-2-6-15-10(11-4-3-8-17-11)5-7-16-9-12(13)14/h3-4,8,10,12,15H,2,5-7,9H2,1H3. The van der Waals surface area contributed by atoms with Crippen LogP contribution in [-0.2, 0) is 4.74 Å². The van der Waals surface area contributed by atoms with E-state index in [9.17, 15) is 8.78 Å². The number of alkyl halides is 2. The molecule has 1 atom stereocenters. The van der Waals surface area contributed by atoms with Crippen molar-refractivity contribution in [2.45, 2.75) is 32.2 Å². The lowest BCUT2D eigenvalue weighted by molar-refractivity contribution is 0.0144. The lowest BCUT2D eigenvalue weighted by Crippen LogP contribution is -2.23. The van der Waals surface area contributed by atoms with Gasteiger partial charge in [-0.25, -0.2) is 8.78 Å². The second kappa shape index (κ2) is 8.55. The highest BCUT2D eigenvalue weighted by atomic mass is 32.1. The van der Waals surface area contributed by atoms with Crippen molar-refractivity contribution in [2.75, 3.05) is 19.8 Å². The Hall–Kier alpha value is -0.520. The fourth-order valence-electron chi connectivity index (χ4n) is 1.53. The zero-order valence-corrected chi connectivity index (χ0v) is 10.8. The molecule has 2 nitrogen and oxygen atoms in total. The van der Waals surface area contributed by atoms with Crippen molar-refractivity contribution in [2.24, 2.45) is 0 Å². The largest absolute Gasteiger partial charge is 0.375 e. The highest BCUT2D eigenvalue weighted by Crippen LogP contribution is 2.22. The van der Waals surface area contributed by atoms with Crippen molar-refractivity contribution in [1.29, 1.82) is 0 Å². The maximum atomic E-state index is 11.9. The molecule has 17 heavy (non-hydrogen) atoms. The zero-order valence-electron chi connectivity index (χ0n) is 9.99. The Morgan fingerprint density at radius 2 is 2.29 bits per heavy atom. The Morgan fingerprint density at radius 1 is 1.47 bits per heavy atom. The molecule has 0 bridgehead atoms. The molecule has 1 N–H and O–H groups in total. The maximum absolute atomic E-state index is 11.9. The molecule has 0 spiro atoms. The first-order valence-corrected chi connectivity index (χ1v) is 6.74. The molecule has 0 saturated heterocycles. The lowest BCUT2D eigenvalue weighted by atomic mass is 10.2. The van der Waals surface area contributed by atoms with E-state index < -0.39 is 13.0 Å². The molecule has 98 valence electrons. The number of hydrogen-bond acceptors (Lipinski definition) is 3. The number of hydrogen-bond donors (Lipinski definition) is 1. The van der Waals surface area contributed by atoms with E-state index >= 15 is 0 Å². The Labute approximate surface area is 105 Å². The predicted molar refractivity (Wildman–Crippen MR) is 66.8 cm³/mol. The van der Waals surface area contributed by atoms with Gasteiger partial charge in [0.1, 0.15) is 6.61 Å². The van der Waals surface area contributed by atoms with Crippen LogP contribution in [0.4, 0.5) is 8.78 Å². The van der Waals surface area contributed by atoms with Gasteiger partial charge in [0.2, 0.25) is 0 Å². The molecule has 1 aromatic rings. The smallest absolute Gasteiger partial charge is 0.261 e. The minimum absolute atomic E-state index is 0.215. The second-order valence-corrected chi connectivity index (χ2v) is 4.76. The van der Waals surface area contributed by atoms with E-state index in [0.717, 1.165) is 19.4 Å². The number of nitrogens with one attached hydrogen (secondary N) is 1. The molecule has 0 aliphatic rings. The number of thiophene rings is 1. The van der Waals surface area contributed by atoms with Gasteiger partial charge in [-0.3, -0.25) is 0 Å². The van der Waals surface area contributed by atoms with Crippen LogP contribution in [-0.4, -0.2) is 26.2 Å². The first-order valence-electron chi connectivity index (χ1n) is 5.86. The van der Waals surface area contributed by atoms with Crippen LogP contribution in [0.1, 0.15) is 30.7 Å². The van der Waals surface area contributed by atoms with Crippen LogP contribution < -0.4 is 5.32 Å². The Morgan fingerprint density at radius 3 is 2.88 bits per heavy atom. The third-order valence-electron chi connectivity index (χ3n) is 2.32. The lowest BCUT2D eigenvalue weighted by Gasteiger charge is -2.17. The molecule has 1 rings (SSSR count). The molecule has 0 radical (unpaired) electrons. The summed E-state index contributed by atoms with van der Waals surface area (Å²) in [4.78, 5) is 1.24. The van der Waals surface area contributed by atoms with Crippen molar-refractivity contribution in [3.8, 4) is 0 Å². The van der Waals surface area contributed by atoms with Gasteiger partial charge in [-0.1, -0.05) is 13.0 Å². The van der Waals surface area contributed by atoms with E-state index in [2.05, 4.69) is 18.3 Å². The highest BCUT2D eigenvalue weighted by molar-refractivity contribution is 7.10. The Balaban J connectivity index is 2.31. The summed E-state index contributed by atoms with van der Waals surface area (Å²) in [5.41, 5.74) is 0. The molecule has 0 amide bonds. The summed E-state index contributed by atoms with van der Waals surface area (Å²) >= 11 is 1.68. The van der Waals surface area contributed by atoms with E-state index in [-0.39, 0.29) is 6.04 Å². The van der Waals surface area contributed by atoms with Crippen molar-refractivity contribution >= 4 is 11.3 Å². The van der Waals surface area contributed by atoms with Gasteiger partial charge in [-0.2, -0.15) is 0 Å². The SMILES string of the molecule is CCCNC(CCOCC(F)F)c1cccs1. The van der Waals surface area contributed by atoms with Gasteiger partial charge in [-0.15, -0.1) is 11.3 Å². The Bertz CT molecular complexity index is 280. The summed E-state index contributed by atoms with van der Waals surface area (Å²) in [6, 6.07) is 4.28. The van der Waals surface area contributed by atoms with Crippen molar-refractivity contribution < 1.29 is 13.5 Å². The predicted octanol–water partition coefficient (Wildman–Crippen LogP) is 3.46. The van der Waals surface area contributed by atoms with Crippen LogP contribution in [0.25, 0.3) is 0 Å². The summed E-state index contributed by atoms with van der Waals surface area (Å²) in [6.45, 7) is 2.93. The normalized spacial score (nSPS) is 13.2. The zero-order chi connectivity index (χ0) is 12.5. The number of halogens is 2. The first-order chi connectivity index (χ1) is 8.24. The molecule has 0 aliphatic heterocycles. The van der Waals surface area contributed by atoms with Gasteiger partial charge in [0.25, 0.3) is 6.43 Å². The summed E-state index contributed by atoms with van der Waals surface area (Å²) in [7, 11) is 0. The highest BCUT2D eigenvalue weighted by Gasteiger charge is 2.12. The maximum Gasteiger partial charge on any atom is 0.261 e. The molecule has 1 aromatic heterocycles. The van der Waals surface area contributed by atoms with Crippen LogP contribution in [0, 0.1) is 0 Å². The molecular formula is C12H19F2NOS. The number of ether oxygens (including phenoxy) is 1. The summed E-state index contributed by atoms with van der Waals surface area (Å²) < 4.78 is 28.7. The van der Waals surface area contributed by atoms with E-state index in [1.807, 2.05) is 11.4 Å². The minimum Gasteiger partial charge on any atom is -0.375 e. The van der Waals surface area contributed by atoms with Gasteiger partial charge in [0.15, 0.2) is 0 Å². The fourth-order valence-corrected chi connectivity index (χ4v) is 2.36. The third kappa shape index (κ3) is 6.10. The van der Waals surface area contributed by atoms with E-state index in [0.29, 0.717) is 6.61 Å². The first kappa shape index (κ1) is 14.5. The van der Waals surface area contributed by atoms with Crippen molar-refractivity contribution in [1.82, 2.24) is 5.32 Å². The third-order valence-corrected chi connectivity index (χ3v) is 3.31. The van der Waals surface area contributed by atoms with Gasteiger partial charge in [0.05, 0.1) is 0 Å². The second-order valence-electron chi connectivity index (χ2n) is 3.78. The van der Waals surface area contributed by atoms with Crippen LogP contribution in [0.3, 0.4) is 0 Å². The molecule has 0 aromatic carbocycles. The van der Waals surface area contributed by atoms with Gasteiger partial charge in [-0.05, 0) is 30.8 Å². The van der Waals surface area contributed by atoms with Crippen LogP contribution in [0.15, 0.2) is 17.5 Å². The molecule has 5 heteroatoms. The summed E-state index contributed by atoms with van der Waals surface area (Å²) in [6.07, 6.45) is -0.591. The molecule has 1 unspecified atom stereocenters. The molecule has 0 aliphatic carbocycles. The topological polar surface area (TPSA) is 21.3 Å². The Kier molecular flexibility index (Phi) is 7.32.